The van der Waals surface area contributed by atoms with Gasteiger partial charge in [-0.2, -0.15) is 0 Å². The van der Waals surface area contributed by atoms with Gasteiger partial charge >= 0.3 is 6.09 Å². The SMILES string of the molecule is CN(CCCCCCO[Si](C)(C)C(C)(C)C)C(=O)OC(C)(C)C. The zero-order valence-corrected chi connectivity index (χ0v) is 17.9. The summed E-state index contributed by atoms with van der Waals surface area (Å²) in [5.41, 5.74) is -0.424. The third-order valence-corrected chi connectivity index (χ3v) is 8.90. The standard InChI is InChI=1S/C18H39NO3Si/c1-17(2,3)22-16(20)19(7)14-12-10-11-13-15-21-23(8,9)18(4,5)6/h10-15H2,1-9H3. The van der Waals surface area contributed by atoms with Crippen molar-refractivity contribution in [3.63, 3.8) is 0 Å². The molecule has 0 aliphatic carbocycles. The lowest BCUT2D eigenvalue weighted by molar-refractivity contribution is 0.0296. The van der Waals surface area contributed by atoms with Gasteiger partial charge in [-0.25, -0.2) is 4.79 Å². The van der Waals surface area contributed by atoms with E-state index in [1.165, 1.54) is 0 Å². The minimum absolute atomic E-state index is 0.237. The van der Waals surface area contributed by atoms with Gasteiger partial charge in [-0.15, -0.1) is 0 Å². The first kappa shape index (κ1) is 22.4. The van der Waals surface area contributed by atoms with E-state index in [4.69, 9.17) is 9.16 Å². The third kappa shape index (κ3) is 10.0. The molecule has 138 valence electrons. The maximum atomic E-state index is 11.8. The number of carbonyl (C=O) groups is 1. The van der Waals surface area contributed by atoms with Gasteiger partial charge < -0.3 is 14.1 Å². The van der Waals surface area contributed by atoms with E-state index in [1.807, 2.05) is 20.8 Å². The van der Waals surface area contributed by atoms with Gasteiger partial charge in [-0.3, -0.25) is 0 Å². The maximum absolute atomic E-state index is 11.8. The second-order valence-electron chi connectivity index (χ2n) is 8.92. The van der Waals surface area contributed by atoms with Crippen LogP contribution in [0.4, 0.5) is 4.79 Å². The Kier molecular flexibility index (Phi) is 8.85. The van der Waals surface area contributed by atoms with Crippen LogP contribution in [0.25, 0.3) is 0 Å². The van der Waals surface area contributed by atoms with Crippen molar-refractivity contribution < 1.29 is 14.0 Å². The van der Waals surface area contributed by atoms with Gasteiger partial charge in [0, 0.05) is 20.2 Å². The highest BCUT2D eigenvalue weighted by Crippen LogP contribution is 2.36. The summed E-state index contributed by atoms with van der Waals surface area (Å²) in [4.78, 5) is 13.5. The van der Waals surface area contributed by atoms with Gasteiger partial charge in [0.2, 0.25) is 0 Å². The Morgan fingerprint density at radius 2 is 1.48 bits per heavy atom. The summed E-state index contributed by atoms with van der Waals surface area (Å²) in [6.45, 7) is 18.7. The van der Waals surface area contributed by atoms with E-state index in [9.17, 15) is 4.79 Å². The molecule has 0 rings (SSSR count). The van der Waals surface area contributed by atoms with E-state index in [-0.39, 0.29) is 11.1 Å². The highest BCUT2D eigenvalue weighted by Gasteiger charge is 2.36. The number of hydrogen-bond acceptors (Lipinski definition) is 3. The largest absolute Gasteiger partial charge is 0.444 e. The van der Waals surface area contributed by atoms with E-state index in [0.29, 0.717) is 0 Å². The van der Waals surface area contributed by atoms with E-state index in [0.717, 1.165) is 38.8 Å². The summed E-state index contributed by atoms with van der Waals surface area (Å²) in [6.07, 6.45) is 4.14. The van der Waals surface area contributed by atoms with Crippen molar-refractivity contribution in [2.45, 2.75) is 91.0 Å². The van der Waals surface area contributed by atoms with Crippen LogP contribution < -0.4 is 0 Å². The first-order valence-electron chi connectivity index (χ1n) is 8.84. The molecular weight excluding hydrogens is 306 g/mol. The number of hydrogen-bond donors (Lipinski definition) is 0. The molecule has 0 saturated carbocycles. The summed E-state index contributed by atoms with van der Waals surface area (Å²) in [6, 6.07) is 0. The molecule has 0 aromatic carbocycles. The van der Waals surface area contributed by atoms with Gasteiger partial charge in [0.25, 0.3) is 0 Å². The highest BCUT2D eigenvalue weighted by atomic mass is 28.4. The van der Waals surface area contributed by atoms with E-state index in [1.54, 1.807) is 11.9 Å². The van der Waals surface area contributed by atoms with Crippen LogP contribution in [0.2, 0.25) is 18.1 Å². The van der Waals surface area contributed by atoms with Crippen LogP contribution in [0.15, 0.2) is 0 Å². The lowest BCUT2D eigenvalue weighted by atomic mass is 10.2. The second-order valence-corrected chi connectivity index (χ2v) is 13.7. The molecule has 0 aromatic rings. The van der Waals surface area contributed by atoms with E-state index in [2.05, 4.69) is 33.9 Å². The van der Waals surface area contributed by atoms with E-state index >= 15 is 0 Å². The van der Waals surface area contributed by atoms with Gasteiger partial charge in [0.1, 0.15) is 5.60 Å². The topological polar surface area (TPSA) is 38.8 Å². The summed E-state index contributed by atoms with van der Waals surface area (Å²) in [7, 11) is 0.202. The number of amides is 1. The van der Waals surface area contributed by atoms with E-state index < -0.39 is 13.9 Å². The Balaban J connectivity index is 3.77. The average Bonchev–Trinajstić information content (AvgIpc) is 2.33. The minimum atomic E-state index is -1.60. The van der Waals surface area contributed by atoms with Crippen LogP contribution in [0, 0.1) is 0 Å². The normalized spacial score (nSPS) is 13.1. The van der Waals surface area contributed by atoms with Crippen LogP contribution in [0.5, 0.6) is 0 Å². The lowest BCUT2D eigenvalue weighted by Crippen LogP contribution is -2.40. The van der Waals surface area contributed by atoms with Crippen molar-refractivity contribution in [1.82, 2.24) is 4.90 Å². The van der Waals surface area contributed by atoms with Crippen molar-refractivity contribution in [3.8, 4) is 0 Å². The number of ether oxygens (including phenoxy) is 1. The smallest absolute Gasteiger partial charge is 0.410 e. The van der Waals surface area contributed by atoms with Gasteiger partial charge in [0.15, 0.2) is 8.32 Å². The number of carbonyl (C=O) groups excluding carboxylic acids is 1. The fourth-order valence-corrected chi connectivity index (χ4v) is 2.87. The number of nitrogens with zero attached hydrogens (tertiary/aromatic N) is 1. The molecule has 1 amide bonds. The molecule has 0 fully saturated rings. The molecule has 0 heterocycles. The zero-order valence-electron chi connectivity index (χ0n) is 16.9. The second kappa shape index (κ2) is 9.07. The predicted molar refractivity (Wildman–Crippen MR) is 100 cm³/mol. The third-order valence-electron chi connectivity index (χ3n) is 4.36. The monoisotopic (exact) mass is 345 g/mol. The molecule has 0 spiro atoms. The summed E-state index contributed by atoms with van der Waals surface area (Å²) in [5, 5.41) is 0.281. The van der Waals surface area contributed by atoms with Crippen LogP contribution >= 0.6 is 0 Å². The molecule has 0 unspecified atom stereocenters. The molecular formula is C18H39NO3Si. The predicted octanol–water partition coefficient (Wildman–Crippen LogP) is 5.44. The van der Waals surface area contributed by atoms with Crippen LogP contribution in [-0.4, -0.2) is 45.1 Å². The molecule has 0 N–H and O–H groups in total. The molecule has 0 bridgehead atoms. The summed E-state index contributed by atoms with van der Waals surface area (Å²) in [5.74, 6) is 0. The molecule has 0 aliphatic rings. The Morgan fingerprint density at radius 1 is 0.957 bits per heavy atom. The zero-order chi connectivity index (χ0) is 18.3. The summed E-state index contributed by atoms with van der Waals surface area (Å²) < 4.78 is 11.5. The Labute approximate surface area is 145 Å². The minimum Gasteiger partial charge on any atom is -0.444 e. The van der Waals surface area contributed by atoms with Crippen LogP contribution in [-0.2, 0) is 9.16 Å². The van der Waals surface area contributed by atoms with Crippen molar-refractivity contribution in [2.24, 2.45) is 0 Å². The average molecular weight is 346 g/mol. The van der Waals surface area contributed by atoms with Crippen LogP contribution in [0.3, 0.4) is 0 Å². The maximum Gasteiger partial charge on any atom is 0.410 e. The fourth-order valence-electron chi connectivity index (χ4n) is 1.78. The van der Waals surface area contributed by atoms with Gasteiger partial charge in [0.05, 0.1) is 0 Å². The summed E-state index contributed by atoms with van der Waals surface area (Å²) >= 11 is 0. The van der Waals surface area contributed by atoms with Crippen molar-refractivity contribution >= 4 is 14.4 Å². The van der Waals surface area contributed by atoms with Crippen molar-refractivity contribution in [2.75, 3.05) is 20.2 Å². The van der Waals surface area contributed by atoms with Gasteiger partial charge in [-0.05, 0) is 51.7 Å². The first-order valence-corrected chi connectivity index (χ1v) is 11.8. The lowest BCUT2D eigenvalue weighted by Gasteiger charge is -2.36. The Morgan fingerprint density at radius 3 is 1.96 bits per heavy atom. The molecule has 0 atom stereocenters. The molecule has 5 heteroatoms. The molecule has 23 heavy (non-hydrogen) atoms. The van der Waals surface area contributed by atoms with Crippen molar-refractivity contribution in [1.29, 1.82) is 0 Å². The quantitative estimate of drug-likeness (QED) is 0.434. The molecule has 0 radical (unpaired) electrons. The molecule has 0 saturated heterocycles. The molecule has 0 aliphatic heterocycles. The Bertz CT molecular complexity index is 356. The number of rotatable bonds is 8. The molecule has 0 aromatic heterocycles. The fraction of sp³-hybridized carbons (Fsp3) is 0.944. The number of unbranched alkanes of at least 4 members (excludes halogenated alkanes) is 3. The Hall–Kier alpha value is -0.553. The van der Waals surface area contributed by atoms with Gasteiger partial charge in [-0.1, -0.05) is 33.6 Å². The van der Waals surface area contributed by atoms with Crippen molar-refractivity contribution in [3.05, 3.63) is 0 Å². The highest BCUT2D eigenvalue weighted by molar-refractivity contribution is 6.74. The van der Waals surface area contributed by atoms with Crippen LogP contribution in [0.1, 0.15) is 67.2 Å². The first-order chi connectivity index (χ1) is 10.3. The molecule has 4 nitrogen and oxygen atoms in total.